The van der Waals surface area contributed by atoms with Gasteiger partial charge in [0.2, 0.25) is 5.13 Å². The van der Waals surface area contributed by atoms with Gasteiger partial charge in [-0.3, -0.25) is 0 Å². The summed E-state index contributed by atoms with van der Waals surface area (Å²) >= 11 is 4.97. The smallest absolute Gasteiger partial charge is 0.219 e. The van der Waals surface area contributed by atoms with Crippen LogP contribution in [0.15, 0.2) is 11.6 Å². The molecule has 64 valence electrons. The molecule has 0 fully saturated rings. The summed E-state index contributed by atoms with van der Waals surface area (Å²) in [7, 11) is 0. The maximum atomic E-state index is 12.8. The highest BCUT2D eigenvalue weighted by atomic mass is 35.5. The van der Waals surface area contributed by atoms with Crippen LogP contribution in [-0.4, -0.2) is 11.1 Å². The molecule has 0 saturated carbocycles. The van der Waals surface area contributed by atoms with Gasteiger partial charge in [0.05, 0.1) is 0 Å². The lowest BCUT2D eigenvalue weighted by Crippen LogP contribution is -2.41. The summed E-state index contributed by atoms with van der Waals surface area (Å²) in [4.78, 5) is 0. The van der Waals surface area contributed by atoms with E-state index in [1.54, 1.807) is 6.92 Å². The first-order valence-corrected chi connectivity index (χ1v) is 3.64. The van der Waals surface area contributed by atoms with Gasteiger partial charge in [0.15, 0.2) is 0 Å². The van der Waals surface area contributed by atoms with Gasteiger partial charge < -0.3 is 0 Å². The quantitative estimate of drug-likeness (QED) is 0.400. The van der Waals surface area contributed by atoms with Crippen molar-refractivity contribution in [3.8, 4) is 0 Å². The van der Waals surface area contributed by atoms with Crippen molar-refractivity contribution in [1.29, 1.82) is 0 Å². The van der Waals surface area contributed by atoms with Crippen molar-refractivity contribution in [3.63, 3.8) is 0 Å². The van der Waals surface area contributed by atoms with Gasteiger partial charge in [-0.05, 0) is 6.92 Å². The van der Waals surface area contributed by atoms with E-state index in [2.05, 4.69) is 0 Å². The van der Waals surface area contributed by atoms with E-state index in [1.807, 2.05) is 0 Å². The van der Waals surface area contributed by atoms with Crippen molar-refractivity contribution in [3.05, 3.63) is 11.6 Å². The molecule has 0 heterocycles. The molecule has 0 saturated heterocycles. The van der Waals surface area contributed by atoms with E-state index in [0.717, 1.165) is 0 Å². The van der Waals surface area contributed by atoms with Crippen LogP contribution in [0.3, 0.4) is 0 Å². The molecule has 0 N–H and O–H groups in total. The lowest BCUT2D eigenvalue weighted by atomic mass is 9.95. The highest BCUT2D eigenvalue weighted by molar-refractivity contribution is 6.23. The first kappa shape index (κ1) is 8.91. The molecule has 1 unspecified atom stereocenters. The van der Waals surface area contributed by atoms with Gasteiger partial charge in [-0.1, -0.05) is 23.3 Å². The molecule has 0 aliphatic heterocycles. The molecule has 1 aliphatic carbocycles. The SMILES string of the molecule is CC1=CCC(F)(Cl)C(F)(F)C1. The van der Waals surface area contributed by atoms with Crippen molar-refractivity contribution in [2.75, 3.05) is 0 Å². The Morgan fingerprint density at radius 2 is 2.00 bits per heavy atom. The van der Waals surface area contributed by atoms with E-state index in [4.69, 9.17) is 11.6 Å². The van der Waals surface area contributed by atoms with Crippen LogP contribution in [0.25, 0.3) is 0 Å². The van der Waals surface area contributed by atoms with Gasteiger partial charge in [-0.15, -0.1) is 0 Å². The number of hydrogen-bond donors (Lipinski definition) is 0. The zero-order valence-corrected chi connectivity index (χ0v) is 6.76. The van der Waals surface area contributed by atoms with E-state index in [-0.39, 0.29) is 0 Å². The second-order valence-electron chi connectivity index (χ2n) is 2.84. The average molecular weight is 185 g/mol. The third-order valence-electron chi connectivity index (χ3n) is 1.74. The molecular formula is C7H8ClF3. The molecule has 0 aromatic heterocycles. The van der Waals surface area contributed by atoms with Crippen molar-refractivity contribution in [1.82, 2.24) is 0 Å². The molecule has 0 aromatic carbocycles. The van der Waals surface area contributed by atoms with Crippen LogP contribution in [0.5, 0.6) is 0 Å². The summed E-state index contributed by atoms with van der Waals surface area (Å²) in [5.74, 6) is -3.42. The standard InChI is InChI=1S/C7H8ClF3/c1-5-2-3-6(8,9)7(10,11)4-5/h2H,3-4H2,1H3. The van der Waals surface area contributed by atoms with Crippen LogP contribution in [-0.2, 0) is 0 Å². The van der Waals surface area contributed by atoms with Gasteiger partial charge in [-0.25, -0.2) is 13.2 Å². The second kappa shape index (κ2) is 2.41. The molecular weight excluding hydrogens is 177 g/mol. The van der Waals surface area contributed by atoms with Gasteiger partial charge in [0.25, 0.3) is 5.92 Å². The Balaban J connectivity index is 2.89. The van der Waals surface area contributed by atoms with Gasteiger partial charge >= 0.3 is 0 Å². The predicted molar refractivity (Wildman–Crippen MR) is 37.6 cm³/mol. The van der Waals surface area contributed by atoms with E-state index >= 15 is 0 Å². The molecule has 0 amide bonds. The Kier molecular flexibility index (Phi) is 1.95. The summed E-state index contributed by atoms with van der Waals surface area (Å²) in [6.45, 7) is 1.54. The van der Waals surface area contributed by atoms with Gasteiger partial charge in [0, 0.05) is 12.8 Å². The summed E-state index contributed by atoms with van der Waals surface area (Å²) in [5.41, 5.74) is 0.490. The van der Waals surface area contributed by atoms with E-state index in [0.29, 0.717) is 5.57 Å². The Bertz CT molecular complexity index is 196. The van der Waals surface area contributed by atoms with E-state index < -0.39 is 23.9 Å². The van der Waals surface area contributed by atoms with Crippen molar-refractivity contribution in [2.24, 2.45) is 0 Å². The van der Waals surface area contributed by atoms with Crippen molar-refractivity contribution >= 4 is 11.6 Å². The van der Waals surface area contributed by atoms with Gasteiger partial charge in [0.1, 0.15) is 0 Å². The minimum atomic E-state index is -3.42. The fourth-order valence-corrected chi connectivity index (χ4v) is 1.15. The number of alkyl halides is 4. The van der Waals surface area contributed by atoms with Gasteiger partial charge in [-0.2, -0.15) is 0 Å². The largest absolute Gasteiger partial charge is 0.299 e. The Hall–Kier alpha value is -0.180. The fraction of sp³-hybridized carbons (Fsp3) is 0.714. The maximum Gasteiger partial charge on any atom is 0.299 e. The van der Waals surface area contributed by atoms with Crippen LogP contribution >= 0.6 is 11.6 Å². The summed E-state index contributed by atoms with van der Waals surface area (Å²) in [6, 6.07) is 0. The molecule has 0 radical (unpaired) electrons. The molecule has 1 rings (SSSR count). The summed E-state index contributed by atoms with van der Waals surface area (Å²) < 4.78 is 38.2. The molecule has 4 heteroatoms. The Morgan fingerprint density at radius 1 is 1.45 bits per heavy atom. The molecule has 1 aliphatic rings. The number of hydrogen-bond acceptors (Lipinski definition) is 0. The lowest BCUT2D eigenvalue weighted by Gasteiger charge is -2.31. The number of rotatable bonds is 0. The first-order chi connectivity index (χ1) is 4.85. The fourth-order valence-electron chi connectivity index (χ4n) is 1.00. The zero-order valence-electron chi connectivity index (χ0n) is 6.00. The van der Waals surface area contributed by atoms with Crippen LogP contribution in [0.1, 0.15) is 19.8 Å². The van der Waals surface area contributed by atoms with Crippen LogP contribution in [0, 0.1) is 0 Å². The molecule has 0 spiro atoms. The van der Waals surface area contributed by atoms with Crippen molar-refractivity contribution in [2.45, 2.75) is 30.8 Å². The third-order valence-corrected chi connectivity index (χ3v) is 2.17. The zero-order chi connectivity index (χ0) is 8.70. The normalized spacial score (nSPS) is 36.6. The summed E-state index contributed by atoms with van der Waals surface area (Å²) in [6.07, 6.45) is 0.421. The number of allylic oxidation sites excluding steroid dienone is 2. The van der Waals surface area contributed by atoms with E-state index in [1.165, 1.54) is 6.08 Å². The topological polar surface area (TPSA) is 0 Å². The molecule has 0 bridgehead atoms. The highest BCUT2D eigenvalue weighted by Crippen LogP contribution is 2.46. The van der Waals surface area contributed by atoms with Crippen LogP contribution in [0.2, 0.25) is 0 Å². The average Bonchev–Trinajstić information content (AvgIpc) is 1.80. The summed E-state index contributed by atoms with van der Waals surface area (Å²) in [5, 5.41) is -2.88. The third kappa shape index (κ3) is 1.53. The predicted octanol–water partition coefficient (Wildman–Crippen LogP) is 3.27. The molecule has 1 atom stereocenters. The van der Waals surface area contributed by atoms with Crippen LogP contribution in [0.4, 0.5) is 13.2 Å². The minimum Gasteiger partial charge on any atom is -0.219 e. The number of halogens is 4. The minimum absolute atomic E-state index is 0.409. The monoisotopic (exact) mass is 184 g/mol. The second-order valence-corrected chi connectivity index (χ2v) is 3.44. The van der Waals surface area contributed by atoms with Crippen molar-refractivity contribution < 1.29 is 13.2 Å². The molecule has 0 aromatic rings. The Labute approximate surface area is 68.0 Å². The van der Waals surface area contributed by atoms with E-state index in [9.17, 15) is 13.2 Å². The Morgan fingerprint density at radius 3 is 2.36 bits per heavy atom. The van der Waals surface area contributed by atoms with Crippen LogP contribution < -0.4 is 0 Å². The lowest BCUT2D eigenvalue weighted by molar-refractivity contribution is -0.0971. The molecule has 11 heavy (non-hydrogen) atoms. The maximum absolute atomic E-state index is 12.8. The highest BCUT2D eigenvalue weighted by Gasteiger charge is 2.54. The first-order valence-electron chi connectivity index (χ1n) is 3.26. The molecule has 0 nitrogen and oxygen atoms in total.